The van der Waals surface area contributed by atoms with Crippen LogP contribution in [0.4, 0.5) is 0 Å². The van der Waals surface area contributed by atoms with Gasteiger partial charge in [0.25, 0.3) is 0 Å². The van der Waals surface area contributed by atoms with E-state index in [-0.39, 0.29) is 5.60 Å². The van der Waals surface area contributed by atoms with Crippen molar-refractivity contribution in [2.24, 2.45) is 11.8 Å². The SMILES string of the molecule is CCC1CCC(O)(C(CC)CC)C1. The summed E-state index contributed by atoms with van der Waals surface area (Å²) >= 11 is 0. The van der Waals surface area contributed by atoms with Crippen molar-refractivity contribution >= 4 is 0 Å². The molecule has 1 N–H and O–H groups in total. The van der Waals surface area contributed by atoms with Crippen molar-refractivity contribution in [2.45, 2.75) is 64.9 Å². The lowest BCUT2D eigenvalue weighted by molar-refractivity contribution is -0.0191. The molecular weight excluding hydrogens is 160 g/mol. The van der Waals surface area contributed by atoms with Crippen LogP contribution in [0.5, 0.6) is 0 Å². The summed E-state index contributed by atoms with van der Waals surface area (Å²) in [6.07, 6.45) is 6.83. The third kappa shape index (κ3) is 2.25. The van der Waals surface area contributed by atoms with E-state index in [0.717, 1.165) is 31.6 Å². The first-order valence-electron chi connectivity index (χ1n) is 5.88. The molecule has 0 amide bonds. The summed E-state index contributed by atoms with van der Waals surface area (Å²) < 4.78 is 0. The number of aliphatic hydroxyl groups is 1. The largest absolute Gasteiger partial charge is 0.390 e. The first kappa shape index (κ1) is 11.0. The molecule has 0 saturated heterocycles. The van der Waals surface area contributed by atoms with Crippen molar-refractivity contribution < 1.29 is 5.11 Å². The van der Waals surface area contributed by atoms with Gasteiger partial charge in [0.05, 0.1) is 5.60 Å². The van der Waals surface area contributed by atoms with Gasteiger partial charge in [0, 0.05) is 0 Å². The maximum Gasteiger partial charge on any atom is 0.0678 e. The molecule has 0 radical (unpaired) electrons. The summed E-state index contributed by atoms with van der Waals surface area (Å²) in [6.45, 7) is 6.64. The van der Waals surface area contributed by atoms with Crippen LogP contribution in [0.1, 0.15) is 59.3 Å². The number of hydrogen-bond donors (Lipinski definition) is 1. The summed E-state index contributed by atoms with van der Waals surface area (Å²) in [5, 5.41) is 10.5. The Hall–Kier alpha value is -0.0400. The second-order valence-corrected chi connectivity index (χ2v) is 4.63. The summed E-state index contributed by atoms with van der Waals surface area (Å²) in [5.74, 6) is 1.31. The quantitative estimate of drug-likeness (QED) is 0.710. The van der Waals surface area contributed by atoms with E-state index in [1.54, 1.807) is 0 Å². The van der Waals surface area contributed by atoms with Crippen LogP contribution in [0.25, 0.3) is 0 Å². The first-order chi connectivity index (χ1) is 6.16. The predicted octanol–water partition coefficient (Wildman–Crippen LogP) is 3.36. The normalized spacial score (nSPS) is 34.4. The van der Waals surface area contributed by atoms with Crippen LogP contribution in [0, 0.1) is 11.8 Å². The second kappa shape index (κ2) is 4.45. The van der Waals surface area contributed by atoms with Gasteiger partial charge in [-0.25, -0.2) is 0 Å². The van der Waals surface area contributed by atoms with E-state index in [1.807, 2.05) is 0 Å². The van der Waals surface area contributed by atoms with E-state index < -0.39 is 0 Å². The molecule has 0 aromatic carbocycles. The summed E-state index contributed by atoms with van der Waals surface area (Å²) in [7, 11) is 0. The number of hydrogen-bond acceptors (Lipinski definition) is 1. The first-order valence-corrected chi connectivity index (χ1v) is 5.88. The maximum atomic E-state index is 10.5. The Labute approximate surface area is 82.5 Å². The monoisotopic (exact) mass is 184 g/mol. The molecule has 1 saturated carbocycles. The Morgan fingerprint density at radius 2 is 1.92 bits per heavy atom. The highest BCUT2D eigenvalue weighted by Gasteiger charge is 2.40. The molecule has 1 heteroatoms. The van der Waals surface area contributed by atoms with Crippen molar-refractivity contribution in [2.75, 3.05) is 0 Å². The average Bonchev–Trinajstić information content (AvgIpc) is 2.50. The zero-order valence-corrected chi connectivity index (χ0v) is 9.34. The van der Waals surface area contributed by atoms with Crippen molar-refractivity contribution in [1.29, 1.82) is 0 Å². The van der Waals surface area contributed by atoms with Gasteiger partial charge in [-0.15, -0.1) is 0 Å². The molecule has 0 aliphatic heterocycles. The highest BCUT2D eigenvalue weighted by atomic mass is 16.3. The van der Waals surface area contributed by atoms with Gasteiger partial charge >= 0.3 is 0 Å². The summed E-state index contributed by atoms with van der Waals surface area (Å²) in [5.41, 5.74) is -0.315. The predicted molar refractivity (Wildman–Crippen MR) is 56.7 cm³/mol. The van der Waals surface area contributed by atoms with Crippen LogP contribution in [0.3, 0.4) is 0 Å². The van der Waals surface area contributed by atoms with Gasteiger partial charge in [0.1, 0.15) is 0 Å². The third-order valence-electron chi connectivity index (χ3n) is 3.95. The van der Waals surface area contributed by atoms with E-state index >= 15 is 0 Å². The van der Waals surface area contributed by atoms with Gasteiger partial charge in [-0.05, 0) is 31.1 Å². The lowest BCUT2D eigenvalue weighted by Crippen LogP contribution is -2.34. The molecular formula is C12H24O. The molecule has 1 fully saturated rings. The molecule has 1 aliphatic rings. The minimum atomic E-state index is -0.315. The molecule has 0 spiro atoms. The Morgan fingerprint density at radius 3 is 2.31 bits per heavy atom. The minimum Gasteiger partial charge on any atom is -0.390 e. The Kier molecular flexibility index (Phi) is 3.78. The Bertz CT molecular complexity index is 151. The van der Waals surface area contributed by atoms with Crippen LogP contribution < -0.4 is 0 Å². The van der Waals surface area contributed by atoms with Gasteiger partial charge in [-0.2, -0.15) is 0 Å². The maximum absolute atomic E-state index is 10.5. The summed E-state index contributed by atoms with van der Waals surface area (Å²) in [6, 6.07) is 0. The molecule has 0 bridgehead atoms. The minimum absolute atomic E-state index is 0.315. The van der Waals surface area contributed by atoms with Gasteiger partial charge < -0.3 is 5.11 Å². The molecule has 0 aromatic rings. The van der Waals surface area contributed by atoms with Crippen LogP contribution in [-0.2, 0) is 0 Å². The Balaban J connectivity index is 2.56. The zero-order valence-electron chi connectivity index (χ0n) is 9.34. The average molecular weight is 184 g/mol. The van der Waals surface area contributed by atoms with E-state index in [0.29, 0.717) is 5.92 Å². The zero-order chi connectivity index (χ0) is 9.90. The fraction of sp³-hybridized carbons (Fsp3) is 1.00. The molecule has 1 nitrogen and oxygen atoms in total. The van der Waals surface area contributed by atoms with Crippen LogP contribution in [-0.4, -0.2) is 10.7 Å². The fourth-order valence-electron chi connectivity index (χ4n) is 2.93. The molecule has 2 unspecified atom stereocenters. The lowest BCUT2D eigenvalue weighted by Gasteiger charge is -2.31. The van der Waals surface area contributed by atoms with Crippen molar-refractivity contribution in [3.8, 4) is 0 Å². The van der Waals surface area contributed by atoms with E-state index in [2.05, 4.69) is 20.8 Å². The van der Waals surface area contributed by atoms with Gasteiger partial charge in [0.2, 0.25) is 0 Å². The van der Waals surface area contributed by atoms with Crippen LogP contribution >= 0.6 is 0 Å². The molecule has 2 atom stereocenters. The van der Waals surface area contributed by atoms with Crippen molar-refractivity contribution in [3.05, 3.63) is 0 Å². The van der Waals surface area contributed by atoms with Crippen LogP contribution in [0.15, 0.2) is 0 Å². The standard InChI is InChI=1S/C12H24O/c1-4-10-7-8-12(13,9-10)11(5-2)6-3/h10-11,13H,4-9H2,1-3H3. The molecule has 0 heterocycles. The smallest absolute Gasteiger partial charge is 0.0678 e. The van der Waals surface area contributed by atoms with Crippen molar-refractivity contribution in [1.82, 2.24) is 0 Å². The fourth-order valence-corrected chi connectivity index (χ4v) is 2.93. The lowest BCUT2D eigenvalue weighted by atomic mass is 9.81. The second-order valence-electron chi connectivity index (χ2n) is 4.63. The van der Waals surface area contributed by atoms with E-state index in [4.69, 9.17) is 0 Å². The molecule has 13 heavy (non-hydrogen) atoms. The van der Waals surface area contributed by atoms with E-state index in [9.17, 15) is 5.11 Å². The summed E-state index contributed by atoms with van der Waals surface area (Å²) in [4.78, 5) is 0. The van der Waals surface area contributed by atoms with Crippen LogP contribution in [0.2, 0.25) is 0 Å². The Morgan fingerprint density at radius 1 is 1.31 bits per heavy atom. The van der Waals surface area contributed by atoms with Gasteiger partial charge in [0.15, 0.2) is 0 Å². The molecule has 1 rings (SSSR count). The highest BCUT2D eigenvalue weighted by molar-refractivity contribution is 4.93. The van der Waals surface area contributed by atoms with E-state index in [1.165, 1.54) is 12.8 Å². The molecule has 0 aromatic heterocycles. The van der Waals surface area contributed by atoms with Gasteiger partial charge in [-0.1, -0.05) is 40.0 Å². The molecule has 78 valence electrons. The third-order valence-corrected chi connectivity index (χ3v) is 3.95. The molecule has 1 aliphatic carbocycles. The highest BCUT2D eigenvalue weighted by Crippen LogP contribution is 2.43. The van der Waals surface area contributed by atoms with Crippen molar-refractivity contribution in [3.63, 3.8) is 0 Å². The van der Waals surface area contributed by atoms with Gasteiger partial charge in [-0.3, -0.25) is 0 Å². The number of rotatable bonds is 4. The topological polar surface area (TPSA) is 20.2 Å².